The lowest BCUT2D eigenvalue weighted by Gasteiger charge is -2.33. The van der Waals surface area contributed by atoms with Crippen LogP contribution in [-0.2, 0) is 14.6 Å². The van der Waals surface area contributed by atoms with E-state index in [0.29, 0.717) is 30.8 Å². The maximum atomic E-state index is 12.5. The van der Waals surface area contributed by atoms with E-state index in [-0.39, 0.29) is 17.8 Å². The molecule has 7 heteroatoms. The molecule has 1 amide bonds. The summed E-state index contributed by atoms with van der Waals surface area (Å²) in [7, 11) is -3.30. The predicted molar refractivity (Wildman–Crippen MR) is 96.7 cm³/mol. The lowest BCUT2D eigenvalue weighted by atomic mass is 9.99. The predicted octanol–water partition coefficient (Wildman–Crippen LogP) is 3.87. The van der Waals surface area contributed by atoms with Gasteiger partial charge in [-0.05, 0) is 63.8 Å². The Morgan fingerprint density at radius 3 is 2.25 bits per heavy atom. The lowest BCUT2D eigenvalue weighted by molar-refractivity contribution is 0.0191. The zero-order valence-electron chi connectivity index (χ0n) is 14.3. The van der Waals surface area contributed by atoms with Crippen LogP contribution in [0.15, 0.2) is 33.6 Å². The Balaban J connectivity index is 1.91. The number of hydrogen-bond donors (Lipinski definition) is 0. The van der Waals surface area contributed by atoms with Crippen molar-refractivity contribution in [1.29, 1.82) is 0 Å². The number of halogens is 1. The molecule has 1 fully saturated rings. The minimum atomic E-state index is -3.30. The fraction of sp³-hybridized carbons (Fsp3) is 0.588. The van der Waals surface area contributed by atoms with E-state index >= 15 is 0 Å². The fourth-order valence-corrected chi connectivity index (χ4v) is 4.62. The van der Waals surface area contributed by atoms with Gasteiger partial charge < -0.3 is 9.64 Å². The molecule has 0 saturated carbocycles. The maximum Gasteiger partial charge on any atom is 0.410 e. The van der Waals surface area contributed by atoms with Gasteiger partial charge in [0.1, 0.15) is 5.60 Å². The highest BCUT2D eigenvalue weighted by Gasteiger charge is 2.29. The third-order valence-electron chi connectivity index (χ3n) is 3.89. The molecule has 0 aliphatic carbocycles. The molecule has 1 heterocycles. The number of benzene rings is 1. The third kappa shape index (κ3) is 5.48. The van der Waals surface area contributed by atoms with Gasteiger partial charge in [-0.15, -0.1) is 0 Å². The first kappa shape index (κ1) is 19.2. The molecular formula is C17H24BrNO4S. The Labute approximate surface area is 152 Å². The van der Waals surface area contributed by atoms with Crippen LogP contribution in [0.25, 0.3) is 0 Å². The van der Waals surface area contributed by atoms with Crippen LogP contribution < -0.4 is 0 Å². The topological polar surface area (TPSA) is 63.7 Å². The Bertz CT molecular complexity index is 672. The van der Waals surface area contributed by atoms with E-state index in [2.05, 4.69) is 15.9 Å². The zero-order valence-corrected chi connectivity index (χ0v) is 16.7. The molecule has 1 aromatic rings. The van der Waals surface area contributed by atoms with Gasteiger partial charge in [-0.3, -0.25) is 0 Å². The smallest absolute Gasteiger partial charge is 0.410 e. The highest BCUT2D eigenvalue weighted by Crippen LogP contribution is 2.24. The summed E-state index contributed by atoms with van der Waals surface area (Å²) < 4.78 is 31.2. The normalized spacial score (nSPS) is 16.9. The van der Waals surface area contributed by atoms with Gasteiger partial charge in [0.05, 0.1) is 10.6 Å². The van der Waals surface area contributed by atoms with Crippen molar-refractivity contribution in [2.75, 3.05) is 18.8 Å². The number of likely N-dealkylation sites (tertiary alicyclic amines) is 1. The molecule has 1 saturated heterocycles. The molecule has 0 aromatic heterocycles. The average Bonchev–Trinajstić information content (AvgIpc) is 2.46. The largest absolute Gasteiger partial charge is 0.444 e. The molecule has 0 N–H and O–H groups in total. The van der Waals surface area contributed by atoms with E-state index in [0.717, 1.165) is 4.47 Å². The van der Waals surface area contributed by atoms with Gasteiger partial charge in [-0.2, -0.15) is 0 Å². The summed E-state index contributed by atoms with van der Waals surface area (Å²) in [6.07, 6.45) is 1.03. The van der Waals surface area contributed by atoms with E-state index in [9.17, 15) is 13.2 Å². The van der Waals surface area contributed by atoms with Crippen LogP contribution in [0.4, 0.5) is 4.79 Å². The second-order valence-electron chi connectivity index (χ2n) is 7.15. The number of amides is 1. The van der Waals surface area contributed by atoms with Crippen LogP contribution in [0.2, 0.25) is 0 Å². The highest BCUT2D eigenvalue weighted by atomic mass is 79.9. The van der Waals surface area contributed by atoms with Crippen molar-refractivity contribution in [3.8, 4) is 0 Å². The van der Waals surface area contributed by atoms with Gasteiger partial charge in [-0.1, -0.05) is 15.9 Å². The number of carbonyl (C=O) groups is 1. The fourth-order valence-electron chi connectivity index (χ4n) is 2.66. The van der Waals surface area contributed by atoms with Crippen molar-refractivity contribution in [3.05, 3.63) is 28.7 Å². The van der Waals surface area contributed by atoms with Crippen molar-refractivity contribution < 1.29 is 17.9 Å². The summed E-state index contributed by atoms with van der Waals surface area (Å²) in [5, 5.41) is 0. The van der Waals surface area contributed by atoms with Crippen LogP contribution >= 0.6 is 15.9 Å². The Morgan fingerprint density at radius 1 is 1.21 bits per heavy atom. The summed E-state index contributed by atoms with van der Waals surface area (Å²) in [6.45, 7) is 6.58. The molecule has 24 heavy (non-hydrogen) atoms. The van der Waals surface area contributed by atoms with Gasteiger partial charge in [0, 0.05) is 17.6 Å². The number of carbonyl (C=O) groups excluding carboxylic acids is 1. The van der Waals surface area contributed by atoms with Crippen molar-refractivity contribution in [2.45, 2.75) is 44.1 Å². The molecule has 0 bridgehead atoms. The standard InChI is InChI=1S/C17H24BrNO4S/c1-17(2,3)23-16(20)19-10-8-13(9-11-19)12-24(21,22)15-6-4-14(18)5-7-15/h4-7,13H,8-12H2,1-3H3. The molecule has 0 spiro atoms. The van der Waals surface area contributed by atoms with E-state index in [1.165, 1.54) is 0 Å². The molecule has 5 nitrogen and oxygen atoms in total. The van der Waals surface area contributed by atoms with Crippen molar-refractivity contribution in [1.82, 2.24) is 4.90 Å². The Morgan fingerprint density at radius 2 is 1.75 bits per heavy atom. The summed E-state index contributed by atoms with van der Waals surface area (Å²) in [6, 6.07) is 6.71. The Kier molecular flexibility index (Phi) is 5.96. The minimum absolute atomic E-state index is 0.0670. The van der Waals surface area contributed by atoms with Crippen LogP contribution in [-0.4, -0.2) is 43.9 Å². The van der Waals surface area contributed by atoms with Gasteiger partial charge >= 0.3 is 6.09 Å². The second kappa shape index (κ2) is 7.44. The van der Waals surface area contributed by atoms with Gasteiger partial charge in [0.15, 0.2) is 9.84 Å². The second-order valence-corrected chi connectivity index (χ2v) is 10.1. The van der Waals surface area contributed by atoms with Crippen LogP contribution in [0.5, 0.6) is 0 Å². The van der Waals surface area contributed by atoms with Gasteiger partial charge in [0.25, 0.3) is 0 Å². The summed E-state index contributed by atoms with van der Waals surface area (Å²) >= 11 is 3.31. The summed E-state index contributed by atoms with van der Waals surface area (Å²) in [4.78, 5) is 14.0. The molecule has 1 aromatic carbocycles. The van der Waals surface area contributed by atoms with E-state index in [4.69, 9.17) is 4.74 Å². The maximum absolute atomic E-state index is 12.5. The van der Waals surface area contributed by atoms with E-state index < -0.39 is 15.4 Å². The first-order valence-electron chi connectivity index (χ1n) is 8.03. The number of piperidine rings is 1. The molecule has 1 aliphatic heterocycles. The first-order valence-corrected chi connectivity index (χ1v) is 10.5. The quantitative estimate of drug-likeness (QED) is 0.748. The van der Waals surface area contributed by atoms with Crippen LogP contribution in [0.3, 0.4) is 0 Å². The van der Waals surface area contributed by atoms with Crippen molar-refractivity contribution in [2.24, 2.45) is 5.92 Å². The summed E-state index contributed by atoms with van der Waals surface area (Å²) in [5.41, 5.74) is -0.515. The number of nitrogens with zero attached hydrogens (tertiary/aromatic N) is 1. The summed E-state index contributed by atoms with van der Waals surface area (Å²) in [5.74, 6) is 0.189. The molecule has 134 valence electrons. The molecular weight excluding hydrogens is 394 g/mol. The molecule has 0 unspecified atom stereocenters. The molecule has 0 radical (unpaired) electrons. The van der Waals surface area contributed by atoms with Gasteiger partial charge in [-0.25, -0.2) is 13.2 Å². The van der Waals surface area contributed by atoms with Crippen LogP contribution in [0, 0.1) is 5.92 Å². The zero-order chi connectivity index (χ0) is 18.0. The molecule has 0 atom stereocenters. The molecule has 2 rings (SSSR count). The first-order chi connectivity index (χ1) is 11.1. The van der Waals surface area contributed by atoms with Crippen LogP contribution in [0.1, 0.15) is 33.6 Å². The van der Waals surface area contributed by atoms with E-state index in [1.807, 2.05) is 20.8 Å². The Hall–Kier alpha value is -1.08. The third-order valence-corrected chi connectivity index (χ3v) is 6.32. The van der Waals surface area contributed by atoms with Crippen molar-refractivity contribution >= 4 is 31.9 Å². The monoisotopic (exact) mass is 417 g/mol. The molecule has 1 aliphatic rings. The lowest BCUT2D eigenvalue weighted by Crippen LogP contribution is -2.42. The number of sulfone groups is 1. The van der Waals surface area contributed by atoms with Gasteiger partial charge in [0.2, 0.25) is 0 Å². The number of ether oxygens (including phenoxy) is 1. The SMILES string of the molecule is CC(C)(C)OC(=O)N1CCC(CS(=O)(=O)c2ccc(Br)cc2)CC1. The number of hydrogen-bond acceptors (Lipinski definition) is 4. The highest BCUT2D eigenvalue weighted by molar-refractivity contribution is 9.10. The average molecular weight is 418 g/mol. The number of rotatable bonds is 3. The van der Waals surface area contributed by atoms with E-state index in [1.54, 1.807) is 29.2 Å². The minimum Gasteiger partial charge on any atom is -0.444 e. The van der Waals surface area contributed by atoms with Crippen molar-refractivity contribution in [3.63, 3.8) is 0 Å².